The molecule has 8 nitrogen and oxygen atoms in total. The summed E-state index contributed by atoms with van der Waals surface area (Å²) in [6.45, 7) is 3.34. The van der Waals surface area contributed by atoms with Crippen molar-refractivity contribution in [1.82, 2.24) is 5.32 Å². The Kier molecular flexibility index (Phi) is 6.58. The van der Waals surface area contributed by atoms with Crippen LogP contribution in [0.4, 0.5) is 0 Å². The lowest BCUT2D eigenvalue weighted by molar-refractivity contribution is -0.236. The van der Waals surface area contributed by atoms with E-state index in [1.54, 1.807) is 13.8 Å². The van der Waals surface area contributed by atoms with Gasteiger partial charge in [0.15, 0.2) is 0 Å². The highest BCUT2D eigenvalue weighted by atomic mass is 17.1. The molecule has 0 radical (unpaired) electrons. The Morgan fingerprint density at radius 2 is 1.72 bits per heavy atom. The first kappa shape index (κ1) is 16.0. The number of hydrogen-bond donors (Lipinski definition) is 3. The van der Waals surface area contributed by atoms with Gasteiger partial charge in [-0.15, -0.1) is 0 Å². The Morgan fingerprint density at radius 3 is 2.11 bits per heavy atom. The molecule has 0 aliphatic carbocycles. The number of ketones is 1. The monoisotopic (exact) mass is 261 g/mol. The van der Waals surface area contributed by atoms with Gasteiger partial charge in [-0.25, -0.2) is 9.59 Å². The summed E-state index contributed by atoms with van der Waals surface area (Å²) in [6.07, 6.45) is -0.288. The molecule has 0 aromatic heterocycles. The molecule has 0 saturated heterocycles. The first-order valence-corrected chi connectivity index (χ1v) is 5.19. The van der Waals surface area contributed by atoms with Crippen LogP contribution in [0.15, 0.2) is 0 Å². The number of carbonyl (C=O) groups excluding carboxylic acids is 3. The van der Waals surface area contributed by atoms with Gasteiger partial charge in [-0.2, -0.15) is 5.26 Å². The lowest BCUT2D eigenvalue weighted by atomic mass is 10.0. The number of aliphatic carboxylic acids is 1. The van der Waals surface area contributed by atoms with E-state index in [4.69, 9.17) is 10.4 Å². The molecule has 0 aromatic rings. The van der Waals surface area contributed by atoms with Gasteiger partial charge < -0.3 is 10.4 Å². The minimum absolute atomic E-state index is 0.0516. The Hall–Kier alpha value is -1.96. The fraction of sp³-hybridized carbons (Fsp3) is 0.600. The number of hydrogen-bond acceptors (Lipinski definition) is 6. The van der Waals surface area contributed by atoms with Crippen LogP contribution in [0.3, 0.4) is 0 Å². The summed E-state index contributed by atoms with van der Waals surface area (Å²) in [5.41, 5.74) is 0. The zero-order chi connectivity index (χ0) is 14.3. The highest BCUT2D eigenvalue weighted by Crippen LogP contribution is 2.02. The first-order chi connectivity index (χ1) is 8.29. The quantitative estimate of drug-likeness (QED) is 0.322. The van der Waals surface area contributed by atoms with Crippen molar-refractivity contribution in [3.05, 3.63) is 0 Å². The molecule has 1 unspecified atom stereocenters. The van der Waals surface area contributed by atoms with Crippen LogP contribution in [0.2, 0.25) is 0 Å². The molecule has 0 fully saturated rings. The average Bonchev–Trinajstić information content (AvgIpc) is 2.31. The third kappa shape index (κ3) is 5.39. The fourth-order valence-corrected chi connectivity index (χ4v) is 1.03. The molecule has 1 amide bonds. The fourth-order valence-electron chi connectivity index (χ4n) is 1.03. The van der Waals surface area contributed by atoms with Crippen LogP contribution in [-0.2, 0) is 24.1 Å². The average molecular weight is 261 g/mol. The number of carboxylic acids is 1. The second kappa shape index (κ2) is 7.38. The van der Waals surface area contributed by atoms with Gasteiger partial charge in [-0.1, -0.05) is 13.8 Å². The maximum atomic E-state index is 11.3. The number of carboxylic acid groups (broad SMARTS) is 1. The standard InChI is InChI=1S/C10H15NO7/c1-5(2)6(12)3-4-7(13)11-8(9(14)15)10(16)18-17/h5,8,17H,3-4H2,1-2H3,(H,11,13)(H,14,15). The predicted octanol–water partition coefficient (Wildman–Crippen LogP) is -0.423. The van der Waals surface area contributed by atoms with Crippen molar-refractivity contribution >= 4 is 23.6 Å². The summed E-state index contributed by atoms with van der Waals surface area (Å²) >= 11 is 0. The summed E-state index contributed by atoms with van der Waals surface area (Å²) in [5, 5.41) is 18.5. The maximum absolute atomic E-state index is 11.3. The SMILES string of the molecule is CC(C)C(=O)CCC(=O)NC(C(=O)O)C(=O)OO. The van der Waals surface area contributed by atoms with Gasteiger partial charge in [0.2, 0.25) is 11.9 Å². The summed E-state index contributed by atoms with van der Waals surface area (Å²) in [6, 6.07) is -1.99. The van der Waals surface area contributed by atoms with Crippen LogP contribution in [0, 0.1) is 5.92 Å². The van der Waals surface area contributed by atoms with Crippen LogP contribution in [-0.4, -0.2) is 40.0 Å². The molecule has 1 atom stereocenters. The molecule has 0 rings (SSSR count). The highest BCUT2D eigenvalue weighted by Gasteiger charge is 2.30. The number of amides is 1. The van der Waals surface area contributed by atoms with Crippen molar-refractivity contribution in [1.29, 1.82) is 0 Å². The number of Topliss-reactive ketones (excluding diaryl/α,β-unsaturated/α-hetero) is 1. The second-order valence-electron chi connectivity index (χ2n) is 3.87. The van der Waals surface area contributed by atoms with Gasteiger partial charge in [-0.3, -0.25) is 14.5 Å². The third-order valence-electron chi connectivity index (χ3n) is 2.12. The molecule has 0 heterocycles. The van der Waals surface area contributed by atoms with Gasteiger partial charge in [-0.05, 0) is 0 Å². The molecule has 8 heteroatoms. The van der Waals surface area contributed by atoms with Crippen molar-refractivity contribution in [2.75, 3.05) is 0 Å². The topological polar surface area (TPSA) is 130 Å². The number of rotatable bonds is 7. The summed E-state index contributed by atoms with van der Waals surface area (Å²) in [5.74, 6) is -4.34. The largest absolute Gasteiger partial charge is 0.479 e. The van der Waals surface area contributed by atoms with E-state index in [1.807, 2.05) is 5.32 Å². The van der Waals surface area contributed by atoms with Crippen LogP contribution < -0.4 is 5.32 Å². The van der Waals surface area contributed by atoms with Crippen LogP contribution in [0.5, 0.6) is 0 Å². The van der Waals surface area contributed by atoms with Crippen molar-refractivity contribution in [3.63, 3.8) is 0 Å². The zero-order valence-electron chi connectivity index (χ0n) is 10.0. The first-order valence-electron chi connectivity index (χ1n) is 5.19. The van der Waals surface area contributed by atoms with E-state index < -0.39 is 23.9 Å². The molecule has 102 valence electrons. The van der Waals surface area contributed by atoms with Crippen LogP contribution in [0.25, 0.3) is 0 Å². The molecule has 0 saturated carbocycles. The summed E-state index contributed by atoms with van der Waals surface area (Å²) in [4.78, 5) is 47.1. The molecule has 0 spiro atoms. The minimum atomic E-state index is -1.99. The van der Waals surface area contributed by atoms with Crippen molar-refractivity contribution < 1.29 is 34.4 Å². The van der Waals surface area contributed by atoms with E-state index in [9.17, 15) is 19.2 Å². The molecule has 0 aromatic carbocycles. The third-order valence-corrected chi connectivity index (χ3v) is 2.12. The molecule has 3 N–H and O–H groups in total. The Balaban J connectivity index is 4.32. The van der Waals surface area contributed by atoms with Crippen molar-refractivity contribution in [2.45, 2.75) is 32.7 Å². The Bertz CT molecular complexity index is 350. The van der Waals surface area contributed by atoms with Crippen molar-refractivity contribution in [3.8, 4) is 0 Å². The predicted molar refractivity (Wildman–Crippen MR) is 57.4 cm³/mol. The van der Waals surface area contributed by atoms with E-state index in [-0.39, 0.29) is 24.5 Å². The van der Waals surface area contributed by atoms with E-state index in [0.29, 0.717) is 0 Å². The highest BCUT2D eigenvalue weighted by molar-refractivity contribution is 6.01. The Morgan fingerprint density at radius 1 is 1.17 bits per heavy atom. The summed E-state index contributed by atoms with van der Waals surface area (Å²) < 4.78 is 0. The zero-order valence-corrected chi connectivity index (χ0v) is 10.0. The van der Waals surface area contributed by atoms with Gasteiger partial charge in [0.25, 0.3) is 0 Å². The van der Waals surface area contributed by atoms with E-state index in [1.165, 1.54) is 0 Å². The molecular formula is C10H15NO7. The molecule has 0 bridgehead atoms. The van der Waals surface area contributed by atoms with Gasteiger partial charge >= 0.3 is 11.9 Å². The van der Waals surface area contributed by atoms with Gasteiger partial charge in [0.05, 0.1) is 0 Å². The normalized spacial score (nSPS) is 11.8. The Labute approximate surface area is 103 Å². The number of carbonyl (C=O) groups is 4. The lowest BCUT2D eigenvalue weighted by Gasteiger charge is -2.11. The molecule has 0 aliphatic heterocycles. The lowest BCUT2D eigenvalue weighted by Crippen LogP contribution is -2.47. The minimum Gasteiger partial charge on any atom is -0.479 e. The van der Waals surface area contributed by atoms with Crippen LogP contribution >= 0.6 is 0 Å². The number of nitrogens with one attached hydrogen (secondary N) is 1. The van der Waals surface area contributed by atoms with Gasteiger partial charge in [0, 0.05) is 18.8 Å². The van der Waals surface area contributed by atoms with Crippen molar-refractivity contribution in [2.24, 2.45) is 5.92 Å². The smallest absolute Gasteiger partial charge is 0.375 e. The van der Waals surface area contributed by atoms with Gasteiger partial charge in [0.1, 0.15) is 5.78 Å². The van der Waals surface area contributed by atoms with E-state index in [0.717, 1.165) is 0 Å². The van der Waals surface area contributed by atoms with E-state index >= 15 is 0 Å². The van der Waals surface area contributed by atoms with Crippen LogP contribution in [0.1, 0.15) is 26.7 Å². The maximum Gasteiger partial charge on any atom is 0.375 e. The molecule has 0 aliphatic rings. The molecule has 18 heavy (non-hydrogen) atoms. The van der Waals surface area contributed by atoms with E-state index in [2.05, 4.69) is 4.89 Å². The molecular weight excluding hydrogens is 246 g/mol. The summed E-state index contributed by atoms with van der Waals surface area (Å²) in [7, 11) is 0. The second-order valence-corrected chi connectivity index (χ2v) is 3.87.